The van der Waals surface area contributed by atoms with Gasteiger partial charge in [-0.3, -0.25) is 4.79 Å². The number of rotatable bonds is 9. The monoisotopic (exact) mass is 408 g/mol. The molecule has 0 aliphatic carbocycles. The number of aryl methyl sites for hydroxylation is 1. The van der Waals surface area contributed by atoms with Crippen LogP contribution in [0.5, 0.6) is 5.75 Å². The standard InChI is InChI=1S/C24H32N4O2/c1-3-25-24(26-13-15-30-22-11-9-19(2)10-12-22)27-17-20-6-4-7-21(16-20)18-28-14-5-8-23(28)29/h4,6-7,9-12,16H,3,5,8,13-15,17-18H2,1-2H3,(H2,25,26,27). The number of nitrogens with zero attached hydrogens (tertiary/aromatic N) is 2. The minimum atomic E-state index is 0.255. The van der Waals surface area contributed by atoms with E-state index >= 15 is 0 Å². The molecule has 6 nitrogen and oxygen atoms in total. The Morgan fingerprint density at radius 1 is 1.13 bits per heavy atom. The fraction of sp³-hybridized carbons (Fsp3) is 0.417. The average Bonchev–Trinajstić information content (AvgIpc) is 3.15. The Kier molecular flexibility index (Phi) is 8.12. The van der Waals surface area contributed by atoms with E-state index in [1.807, 2.05) is 42.2 Å². The first-order chi connectivity index (χ1) is 14.6. The van der Waals surface area contributed by atoms with Crippen molar-refractivity contribution >= 4 is 11.9 Å². The van der Waals surface area contributed by atoms with Crippen LogP contribution in [0.15, 0.2) is 53.5 Å². The van der Waals surface area contributed by atoms with Crippen LogP contribution >= 0.6 is 0 Å². The highest BCUT2D eigenvalue weighted by molar-refractivity contribution is 5.79. The third-order valence-corrected chi connectivity index (χ3v) is 4.98. The third-order valence-electron chi connectivity index (χ3n) is 4.98. The predicted molar refractivity (Wildman–Crippen MR) is 121 cm³/mol. The molecule has 1 aliphatic heterocycles. The summed E-state index contributed by atoms with van der Waals surface area (Å²) in [6, 6.07) is 16.4. The van der Waals surface area contributed by atoms with Crippen molar-refractivity contribution in [2.24, 2.45) is 4.99 Å². The van der Waals surface area contributed by atoms with Gasteiger partial charge in [0.1, 0.15) is 12.4 Å². The maximum Gasteiger partial charge on any atom is 0.222 e. The maximum atomic E-state index is 11.9. The van der Waals surface area contributed by atoms with Gasteiger partial charge in [0.25, 0.3) is 0 Å². The Labute approximate surface area is 179 Å². The van der Waals surface area contributed by atoms with E-state index in [9.17, 15) is 4.79 Å². The molecule has 2 aromatic rings. The minimum Gasteiger partial charge on any atom is -0.492 e. The van der Waals surface area contributed by atoms with Crippen LogP contribution in [-0.2, 0) is 17.9 Å². The highest BCUT2D eigenvalue weighted by atomic mass is 16.5. The number of hydrogen-bond acceptors (Lipinski definition) is 3. The molecule has 2 aromatic carbocycles. The Hall–Kier alpha value is -3.02. The van der Waals surface area contributed by atoms with Gasteiger partial charge < -0.3 is 20.3 Å². The SMILES string of the molecule is CCNC(=NCc1cccc(CN2CCCC2=O)c1)NCCOc1ccc(C)cc1. The molecular formula is C24H32N4O2. The van der Waals surface area contributed by atoms with Crippen LogP contribution in [0.4, 0.5) is 0 Å². The van der Waals surface area contributed by atoms with Crippen molar-refractivity contribution in [1.29, 1.82) is 0 Å². The average molecular weight is 409 g/mol. The first-order valence-electron chi connectivity index (χ1n) is 10.7. The van der Waals surface area contributed by atoms with E-state index < -0.39 is 0 Å². The number of guanidine groups is 1. The molecule has 1 saturated heterocycles. The molecule has 0 bridgehead atoms. The summed E-state index contributed by atoms with van der Waals surface area (Å²) in [4.78, 5) is 18.5. The molecule has 0 unspecified atom stereocenters. The van der Waals surface area contributed by atoms with Crippen LogP contribution in [0.3, 0.4) is 0 Å². The Balaban J connectivity index is 1.49. The summed E-state index contributed by atoms with van der Waals surface area (Å²) in [5.41, 5.74) is 3.51. The summed E-state index contributed by atoms with van der Waals surface area (Å²) in [6.45, 7) is 8.26. The summed E-state index contributed by atoms with van der Waals surface area (Å²) < 4.78 is 5.76. The molecule has 0 aromatic heterocycles. The van der Waals surface area contributed by atoms with E-state index in [0.29, 0.717) is 32.7 Å². The zero-order valence-electron chi connectivity index (χ0n) is 18.0. The predicted octanol–water partition coefficient (Wildman–Crippen LogP) is 3.25. The number of carbonyl (C=O) groups excluding carboxylic acids is 1. The molecule has 0 atom stereocenters. The number of aliphatic imine (C=N–C) groups is 1. The maximum absolute atomic E-state index is 11.9. The number of benzene rings is 2. The van der Waals surface area contributed by atoms with Gasteiger partial charge in [0.05, 0.1) is 13.1 Å². The molecule has 1 aliphatic rings. The van der Waals surface area contributed by atoms with Crippen LogP contribution in [0.2, 0.25) is 0 Å². The summed E-state index contributed by atoms with van der Waals surface area (Å²) >= 11 is 0. The van der Waals surface area contributed by atoms with Crippen LogP contribution in [0, 0.1) is 6.92 Å². The second kappa shape index (κ2) is 11.2. The molecular weight excluding hydrogens is 376 g/mol. The van der Waals surface area contributed by atoms with Crippen molar-refractivity contribution in [2.45, 2.75) is 39.8 Å². The molecule has 1 heterocycles. The van der Waals surface area contributed by atoms with Gasteiger partial charge in [-0.1, -0.05) is 42.0 Å². The molecule has 160 valence electrons. The molecule has 0 saturated carbocycles. The molecule has 0 radical (unpaired) electrons. The van der Waals surface area contributed by atoms with Gasteiger partial charge in [0.2, 0.25) is 5.91 Å². The lowest BCUT2D eigenvalue weighted by molar-refractivity contribution is -0.128. The Morgan fingerprint density at radius 3 is 2.67 bits per heavy atom. The largest absolute Gasteiger partial charge is 0.492 e. The zero-order valence-corrected chi connectivity index (χ0v) is 18.0. The van der Waals surface area contributed by atoms with Gasteiger partial charge >= 0.3 is 0 Å². The summed E-state index contributed by atoms with van der Waals surface area (Å²) in [6.07, 6.45) is 1.64. The van der Waals surface area contributed by atoms with Crippen LogP contribution < -0.4 is 15.4 Å². The third kappa shape index (κ3) is 6.79. The second-order valence-corrected chi connectivity index (χ2v) is 7.52. The number of likely N-dealkylation sites (tertiary alicyclic amines) is 1. The van der Waals surface area contributed by atoms with E-state index in [-0.39, 0.29) is 5.91 Å². The first kappa shape index (κ1) is 21.7. The fourth-order valence-electron chi connectivity index (χ4n) is 3.40. The number of amides is 1. The summed E-state index contributed by atoms with van der Waals surface area (Å²) in [7, 11) is 0. The van der Waals surface area contributed by atoms with Crippen molar-refractivity contribution in [3.63, 3.8) is 0 Å². The minimum absolute atomic E-state index is 0.255. The molecule has 2 N–H and O–H groups in total. The van der Waals surface area contributed by atoms with Crippen molar-refractivity contribution in [3.05, 3.63) is 65.2 Å². The van der Waals surface area contributed by atoms with E-state index in [4.69, 9.17) is 4.74 Å². The van der Waals surface area contributed by atoms with E-state index in [0.717, 1.165) is 42.3 Å². The van der Waals surface area contributed by atoms with Crippen molar-refractivity contribution in [2.75, 3.05) is 26.2 Å². The second-order valence-electron chi connectivity index (χ2n) is 7.52. The van der Waals surface area contributed by atoms with Crippen molar-refractivity contribution in [3.8, 4) is 5.75 Å². The van der Waals surface area contributed by atoms with Gasteiger partial charge in [-0.25, -0.2) is 4.99 Å². The normalized spacial score (nSPS) is 14.1. The van der Waals surface area contributed by atoms with Crippen LogP contribution in [-0.4, -0.2) is 43.0 Å². The highest BCUT2D eigenvalue weighted by Gasteiger charge is 2.19. The fourth-order valence-corrected chi connectivity index (χ4v) is 3.40. The van der Waals surface area contributed by atoms with Gasteiger partial charge in [0, 0.05) is 26.1 Å². The van der Waals surface area contributed by atoms with Crippen molar-refractivity contribution < 1.29 is 9.53 Å². The number of carbonyl (C=O) groups is 1. The lowest BCUT2D eigenvalue weighted by atomic mass is 10.1. The highest BCUT2D eigenvalue weighted by Crippen LogP contribution is 2.15. The smallest absolute Gasteiger partial charge is 0.222 e. The van der Waals surface area contributed by atoms with E-state index in [1.54, 1.807) is 0 Å². The van der Waals surface area contributed by atoms with Crippen LogP contribution in [0.1, 0.15) is 36.5 Å². The lowest BCUT2D eigenvalue weighted by Gasteiger charge is -2.16. The summed E-state index contributed by atoms with van der Waals surface area (Å²) in [5.74, 6) is 1.90. The molecule has 30 heavy (non-hydrogen) atoms. The van der Waals surface area contributed by atoms with Gasteiger partial charge in [-0.05, 0) is 43.5 Å². The number of nitrogens with one attached hydrogen (secondary N) is 2. The number of ether oxygens (including phenoxy) is 1. The molecule has 3 rings (SSSR count). The summed E-state index contributed by atoms with van der Waals surface area (Å²) in [5, 5.41) is 6.58. The van der Waals surface area contributed by atoms with E-state index in [1.165, 1.54) is 5.56 Å². The van der Waals surface area contributed by atoms with Crippen LogP contribution in [0.25, 0.3) is 0 Å². The molecule has 6 heteroatoms. The number of hydrogen-bond donors (Lipinski definition) is 2. The molecule has 1 fully saturated rings. The lowest BCUT2D eigenvalue weighted by Crippen LogP contribution is -2.39. The molecule has 0 spiro atoms. The van der Waals surface area contributed by atoms with Crippen molar-refractivity contribution in [1.82, 2.24) is 15.5 Å². The quantitative estimate of drug-likeness (QED) is 0.380. The topological polar surface area (TPSA) is 66.0 Å². The van der Waals surface area contributed by atoms with Gasteiger partial charge in [0.15, 0.2) is 5.96 Å². The van der Waals surface area contributed by atoms with Gasteiger partial charge in [-0.15, -0.1) is 0 Å². The zero-order chi connectivity index (χ0) is 21.2. The van der Waals surface area contributed by atoms with Gasteiger partial charge in [-0.2, -0.15) is 0 Å². The first-order valence-corrected chi connectivity index (χ1v) is 10.7. The Morgan fingerprint density at radius 2 is 1.93 bits per heavy atom. The molecule has 1 amide bonds. The Bertz CT molecular complexity index is 849. The van der Waals surface area contributed by atoms with E-state index in [2.05, 4.69) is 40.7 Å².